The number of carbonyl (C=O) groups excluding carboxylic acids is 1. The number of carbonyl (C=O) groups is 1. The van der Waals surface area contributed by atoms with Crippen molar-refractivity contribution in [3.05, 3.63) is 41.5 Å². The highest BCUT2D eigenvalue weighted by Gasteiger charge is 2.16. The van der Waals surface area contributed by atoms with Crippen molar-refractivity contribution in [2.75, 3.05) is 12.8 Å². The fourth-order valence-electron chi connectivity index (χ4n) is 1.66. The van der Waals surface area contributed by atoms with Crippen LogP contribution in [0.4, 0.5) is 4.39 Å². The number of hydrogen-bond acceptors (Lipinski definition) is 6. The van der Waals surface area contributed by atoms with Gasteiger partial charge in [-0.3, -0.25) is 4.79 Å². The Morgan fingerprint density at radius 3 is 2.77 bits per heavy atom. The van der Waals surface area contributed by atoms with Crippen molar-refractivity contribution >= 4 is 15.7 Å². The summed E-state index contributed by atoms with van der Waals surface area (Å²) >= 11 is 0. The zero-order valence-electron chi connectivity index (χ0n) is 11.7. The van der Waals surface area contributed by atoms with E-state index in [-0.39, 0.29) is 17.4 Å². The van der Waals surface area contributed by atoms with Crippen LogP contribution in [-0.4, -0.2) is 37.3 Å². The van der Waals surface area contributed by atoms with E-state index in [4.69, 9.17) is 4.42 Å². The minimum Gasteiger partial charge on any atom is -0.413 e. The molecule has 7 nitrogen and oxygen atoms in total. The summed E-state index contributed by atoms with van der Waals surface area (Å²) in [7, 11) is -3.51. The molecule has 1 N–H and O–H groups in total. The van der Waals surface area contributed by atoms with Gasteiger partial charge in [-0.15, -0.1) is 5.10 Å². The number of benzene rings is 1. The van der Waals surface area contributed by atoms with Crippen LogP contribution in [0, 0.1) is 5.82 Å². The molecule has 0 bridgehead atoms. The summed E-state index contributed by atoms with van der Waals surface area (Å²) < 4.78 is 40.3. The average Bonchev–Trinajstić information content (AvgIpc) is 2.92. The number of sulfone groups is 1. The molecule has 1 heterocycles. The quantitative estimate of drug-likeness (QED) is 0.793. The lowest BCUT2D eigenvalue weighted by atomic mass is 10.2. The zero-order chi connectivity index (χ0) is 16.2. The number of halogens is 1. The van der Waals surface area contributed by atoms with Crippen LogP contribution in [0.15, 0.2) is 33.9 Å². The molecule has 0 saturated carbocycles. The van der Waals surface area contributed by atoms with Crippen molar-refractivity contribution in [2.24, 2.45) is 0 Å². The molecule has 0 aliphatic carbocycles. The van der Waals surface area contributed by atoms with Crippen LogP contribution in [-0.2, 0) is 16.3 Å². The summed E-state index contributed by atoms with van der Waals surface area (Å²) in [6.07, 6.45) is 1.78. The monoisotopic (exact) mass is 327 g/mol. The number of aromatic nitrogens is 2. The third kappa shape index (κ3) is 4.35. The van der Waals surface area contributed by atoms with E-state index >= 15 is 0 Å². The van der Waals surface area contributed by atoms with Crippen LogP contribution >= 0.6 is 0 Å². The van der Waals surface area contributed by atoms with Crippen LogP contribution in [0.1, 0.15) is 22.7 Å². The van der Waals surface area contributed by atoms with E-state index in [2.05, 4.69) is 15.5 Å². The van der Waals surface area contributed by atoms with Crippen molar-refractivity contribution in [3.63, 3.8) is 0 Å². The zero-order valence-corrected chi connectivity index (χ0v) is 12.6. The van der Waals surface area contributed by atoms with E-state index in [0.717, 1.165) is 12.3 Å². The Balaban J connectivity index is 1.80. The normalized spacial score (nSPS) is 11.4. The van der Waals surface area contributed by atoms with Gasteiger partial charge < -0.3 is 9.73 Å². The fraction of sp³-hybridized carbons (Fsp3) is 0.308. The van der Waals surface area contributed by atoms with Gasteiger partial charge >= 0.3 is 5.22 Å². The lowest BCUT2D eigenvalue weighted by Gasteiger charge is -2.04. The lowest BCUT2D eigenvalue weighted by Crippen LogP contribution is -2.24. The van der Waals surface area contributed by atoms with Gasteiger partial charge in [0.1, 0.15) is 5.82 Å². The van der Waals surface area contributed by atoms with Gasteiger partial charge in [0.15, 0.2) is 0 Å². The van der Waals surface area contributed by atoms with Crippen molar-refractivity contribution < 1.29 is 22.0 Å². The number of aryl methyl sites for hydroxylation is 1. The smallest absolute Gasteiger partial charge is 0.335 e. The first-order chi connectivity index (χ1) is 10.4. The van der Waals surface area contributed by atoms with Crippen LogP contribution in [0.25, 0.3) is 0 Å². The van der Waals surface area contributed by atoms with Crippen molar-refractivity contribution in [2.45, 2.75) is 18.1 Å². The Morgan fingerprint density at radius 1 is 1.36 bits per heavy atom. The van der Waals surface area contributed by atoms with Gasteiger partial charge in [-0.2, -0.15) is 0 Å². The van der Waals surface area contributed by atoms with Gasteiger partial charge in [-0.25, -0.2) is 12.8 Å². The van der Waals surface area contributed by atoms with Crippen LogP contribution < -0.4 is 5.32 Å². The molecule has 0 fully saturated rings. The minimum atomic E-state index is -3.51. The molecule has 1 amide bonds. The van der Waals surface area contributed by atoms with Crippen molar-refractivity contribution in [3.8, 4) is 0 Å². The molecule has 0 radical (unpaired) electrons. The molecule has 0 spiro atoms. The minimum absolute atomic E-state index is 0.181. The van der Waals surface area contributed by atoms with Crippen LogP contribution in [0.2, 0.25) is 0 Å². The summed E-state index contributed by atoms with van der Waals surface area (Å²) in [6, 6.07) is 5.36. The summed E-state index contributed by atoms with van der Waals surface area (Å²) in [5.74, 6) is -0.686. The Morgan fingerprint density at radius 2 is 2.14 bits per heavy atom. The van der Waals surface area contributed by atoms with Gasteiger partial charge in [0.25, 0.3) is 5.91 Å². The van der Waals surface area contributed by atoms with Gasteiger partial charge in [0, 0.05) is 24.8 Å². The Kier molecular flexibility index (Phi) is 4.86. The fourth-order valence-corrected chi connectivity index (χ4v) is 2.10. The largest absolute Gasteiger partial charge is 0.413 e. The molecule has 2 rings (SSSR count). The molecule has 0 saturated heterocycles. The second-order valence-electron chi connectivity index (χ2n) is 4.60. The van der Waals surface area contributed by atoms with E-state index in [9.17, 15) is 17.6 Å². The number of hydrogen-bond donors (Lipinski definition) is 1. The number of rotatable bonds is 6. The maximum absolute atomic E-state index is 13.0. The van der Waals surface area contributed by atoms with E-state index < -0.39 is 20.9 Å². The van der Waals surface area contributed by atoms with Crippen LogP contribution in [0.5, 0.6) is 0 Å². The maximum Gasteiger partial charge on any atom is 0.335 e. The first-order valence-electron chi connectivity index (χ1n) is 6.42. The van der Waals surface area contributed by atoms with Gasteiger partial charge in [0.2, 0.25) is 15.7 Å². The first kappa shape index (κ1) is 16.1. The molecule has 118 valence electrons. The SMILES string of the molecule is CS(=O)(=O)c1nnc(CCCNC(=O)c2cccc(F)c2)o1. The maximum atomic E-state index is 13.0. The summed E-state index contributed by atoms with van der Waals surface area (Å²) in [5.41, 5.74) is 0.233. The topological polar surface area (TPSA) is 102 Å². The Hall–Kier alpha value is -2.29. The lowest BCUT2D eigenvalue weighted by molar-refractivity contribution is 0.0952. The standard InChI is InChI=1S/C13H14FN3O4S/c1-22(19,20)13-17-16-11(21-13)6-3-7-15-12(18)9-4-2-5-10(14)8-9/h2,4-5,8H,3,6-7H2,1H3,(H,15,18). The Labute approximate surface area is 126 Å². The van der Waals surface area contributed by atoms with Crippen molar-refractivity contribution in [1.29, 1.82) is 0 Å². The summed E-state index contributed by atoms with van der Waals surface area (Å²) in [6.45, 7) is 0.311. The van der Waals surface area contributed by atoms with E-state index in [1.165, 1.54) is 18.2 Å². The Bertz CT molecular complexity index is 773. The molecular formula is C13H14FN3O4S. The van der Waals surface area contributed by atoms with E-state index in [1.807, 2.05) is 0 Å². The highest BCUT2D eigenvalue weighted by molar-refractivity contribution is 7.90. The predicted octanol–water partition coefficient (Wildman–Crippen LogP) is 0.975. The van der Waals surface area contributed by atoms with E-state index in [0.29, 0.717) is 19.4 Å². The molecule has 0 aliphatic rings. The molecule has 9 heteroatoms. The molecule has 22 heavy (non-hydrogen) atoms. The van der Waals surface area contributed by atoms with Crippen molar-refractivity contribution in [1.82, 2.24) is 15.5 Å². The summed E-state index contributed by atoms with van der Waals surface area (Å²) in [4.78, 5) is 11.7. The number of amides is 1. The third-order valence-electron chi connectivity index (χ3n) is 2.71. The van der Waals surface area contributed by atoms with E-state index in [1.54, 1.807) is 0 Å². The molecule has 2 aromatic rings. The highest BCUT2D eigenvalue weighted by atomic mass is 32.2. The molecule has 0 unspecified atom stereocenters. The molecule has 0 atom stereocenters. The van der Waals surface area contributed by atoms with Gasteiger partial charge in [0.05, 0.1) is 0 Å². The van der Waals surface area contributed by atoms with Crippen LogP contribution in [0.3, 0.4) is 0 Å². The predicted molar refractivity (Wildman–Crippen MR) is 74.5 cm³/mol. The molecule has 0 aliphatic heterocycles. The first-order valence-corrected chi connectivity index (χ1v) is 8.31. The highest BCUT2D eigenvalue weighted by Crippen LogP contribution is 2.08. The van der Waals surface area contributed by atoms with Gasteiger partial charge in [-0.1, -0.05) is 11.2 Å². The molecule has 1 aromatic heterocycles. The number of nitrogens with one attached hydrogen (secondary N) is 1. The second-order valence-corrected chi connectivity index (χ2v) is 6.50. The molecular weight excluding hydrogens is 313 g/mol. The summed E-state index contributed by atoms with van der Waals surface area (Å²) in [5, 5.41) is 9.23. The third-order valence-corrected chi connectivity index (χ3v) is 3.50. The molecule has 1 aromatic carbocycles. The second kappa shape index (κ2) is 6.65. The van der Waals surface area contributed by atoms with Gasteiger partial charge in [-0.05, 0) is 24.6 Å². The average molecular weight is 327 g/mol. The number of nitrogens with zero attached hydrogens (tertiary/aromatic N) is 2.